The summed E-state index contributed by atoms with van der Waals surface area (Å²) in [6.07, 6.45) is 1.67. The molecular formula is C18H27ClN4O2. The van der Waals surface area contributed by atoms with E-state index in [4.69, 9.17) is 0 Å². The first-order chi connectivity index (χ1) is 11.7. The second-order valence-electron chi connectivity index (χ2n) is 6.37. The molecule has 2 amide bonds. The number of para-hydroxylation sites is 1. The van der Waals surface area contributed by atoms with E-state index in [-0.39, 0.29) is 24.2 Å². The van der Waals surface area contributed by atoms with Gasteiger partial charge in [-0.3, -0.25) is 14.5 Å². The van der Waals surface area contributed by atoms with Crippen LogP contribution < -0.4 is 15.5 Å². The number of nitrogens with one attached hydrogen (secondary N) is 2. The monoisotopic (exact) mass is 366 g/mol. The summed E-state index contributed by atoms with van der Waals surface area (Å²) in [5, 5.41) is 6.29. The highest BCUT2D eigenvalue weighted by atomic mass is 35.5. The van der Waals surface area contributed by atoms with E-state index < -0.39 is 0 Å². The van der Waals surface area contributed by atoms with Gasteiger partial charge in [0, 0.05) is 64.3 Å². The fourth-order valence-electron chi connectivity index (χ4n) is 3.33. The van der Waals surface area contributed by atoms with Crippen LogP contribution in [0.2, 0.25) is 0 Å². The van der Waals surface area contributed by atoms with Gasteiger partial charge in [0.2, 0.25) is 11.8 Å². The van der Waals surface area contributed by atoms with Crippen LogP contribution >= 0.6 is 12.4 Å². The lowest BCUT2D eigenvalue weighted by Crippen LogP contribution is -2.46. The standard InChI is InChI=1S/C18H26N4O2.ClH/c23-17(20-10-14-21-12-8-19-9-13-21)7-11-22-16-4-2-1-3-15(16)5-6-18(22)24;/h1-4,19H,5-14H2,(H,20,23);1H. The number of aryl methyl sites for hydroxylation is 1. The molecule has 0 radical (unpaired) electrons. The van der Waals surface area contributed by atoms with E-state index in [2.05, 4.69) is 21.6 Å². The van der Waals surface area contributed by atoms with Gasteiger partial charge >= 0.3 is 0 Å². The lowest BCUT2D eigenvalue weighted by molar-refractivity contribution is -0.121. The van der Waals surface area contributed by atoms with Crippen LogP contribution in [0.3, 0.4) is 0 Å². The number of carbonyl (C=O) groups is 2. The molecule has 0 aliphatic carbocycles. The number of halogens is 1. The van der Waals surface area contributed by atoms with Crippen molar-refractivity contribution in [3.63, 3.8) is 0 Å². The van der Waals surface area contributed by atoms with E-state index in [0.29, 0.717) is 25.9 Å². The smallest absolute Gasteiger partial charge is 0.227 e. The summed E-state index contributed by atoms with van der Waals surface area (Å²) in [6, 6.07) is 7.96. The first-order valence-corrected chi connectivity index (χ1v) is 8.82. The maximum Gasteiger partial charge on any atom is 0.227 e. The van der Waals surface area contributed by atoms with Gasteiger partial charge in [-0.25, -0.2) is 0 Å². The van der Waals surface area contributed by atoms with Gasteiger partial charge in [0.05, 0.1) is 0 Å². The molecule has 0 bridgehead atoms. The van der Waals surface area contributed by atoms with Crippen molar-refractivity contribution in [2.45, 2.75) is 19.3 Å². The number of nitrogens with zero attached hydrogens (tertiary/aromatic N) is 2. The van der Waals surface area contributed by atoms with Crippen LogP contribution in [0.4, 0.5) is 5.69 Å². The molecule has 1 aromatic rings. The average Bonchev–Trinajstić information content (AvgIpc) is 2.62. The van der Waals surface area contributed by atoms with Gasteiger partial charge in [-0.15, -0.1) is 12.4 Å². The van der Waals surface area contributed by atoms with Crippen LogP contribution in [-0.2, 0) is 16.0 Å². The topological polar surface area (TPSA) is 64.7 Å². The first-order valence-electron chi connectivity index (χ1n) is 8.82. The Morgan fingerprint density at radius 2 is 1.88 bits per heavy atom. The number of hydrogen-bond acceptors (Lipinski definition) is 4. The molecule has 25 heavy (non-hydrogen) atoms. The zero-order valence-electron chi connectivity index (χ0n) is 14.5. The third-order valence-electron chi connectivity index (χ3n) is 4.71. The predicted molar refractivity (Wildman–Crippen MR) is 101 cm³/mol. The zero-order valence-corrected chi connectivity index (χ0v) is 15.3. The fraction of sp³-hybridized carbons (Fsp3) is 0.556. The van der Waals surface area contributed by atoms with Crippen LogP contribution in [0, 0.1) is 0 Å². The quantitative estimate of drug-likeness (QED) is 0.781. The van der Waals surface area contributed by atoms with E-state index in [1.54, 1.807) is 4.90 Å². The molecule has 1 aromatic carbocycles. The number of amides is 2. The minimum atomic E-state index is 0. The normalized spacial score (nSPS) is 17.6. The highest BCUT2D eigenvalue weighted by Gasteiger charge is 2.23. The number of benzene rings is 1. The minimum Gasteiger partial charge on any atom is -0.355 e. The Hall–Kier alpha value is -1.63. The van der Waals surface area contributed by atoms with Crippen molar-refractivity contribution in [3.8, 4) is 0 Å². The number of fused-ring (bicyclic) bond motifs is 1. The van der Waals surface area contributed by atoms with Crippen molar-refractivity contribution < 1.29 is 9.59 Å². The molecule has 3 rings (SSSR count). The molecule has 2 aliphatic rings. The van der Waals surface area contributed by atoms with Crippen molar-refractivity contribution >= 4 is 29.9 Å². The summed E-state index contributed by atoms with van der Waals surface area (Å²) < 4.78 is 0. The molecule has 2 heterocycles. The molecule has 6 nitrogen and oxygen atoms in total. The van der Waals surface area contributed by atoms with Gasteiger partial charge < -0.3 is 15.5 Å². The molecular weight excluding hydrogens is 340 g/mol. The summed E-state index contributed by atoms with van der Waals surface area (Å²) >= 11 is 0. The van der Waals surface area contributed by atoms with E-state index >= 15 is 0 Å². The van der Waals surface area contributed by atoms with E-state index in [1.165, 1.54) is 5.56 Å². The summed E-state index contributed by atoms with van der Waals surface area (Å²) in [6.45, 7) is 6.12. The summed E-state index contributed by atoms with van der Waals surface area (Å²) in [7, 11) is 0. The molecule has 0 spiro atoms. The van der Waals surface area contributed by atoms with Gasteiger partial charge in [-0.05, 0) is 18.1 Å². The van der Waals surface area contributed by atoms with Crippen molar-refractivity contribution in [1.82, 2.24) is 15.5 Å². The minimum absolute atomic E-state index is 0. The van der Waals surface area contributed by atoms with Gasteiger partial charge in [0.25, 0.3) is 0 Å². The molecule has 138 valence electrons. The van der Waals surface area contributed by atoms with Crippen LogP contribution in [0.1, 0.15) is 18.4 Å². The van der Waals surface area contributed by atoms with E-state index in [0.717, 1.165) is 44.8 Å². The van der Waals surface area contributed by atoms with Crippen molar-refractivity contribution in [2.75, 3.05) is 50.7 Å². The third-order valence-corrected chi connectivity index (χ3v) is 4.71. The molecule has 1 saturated heterocycles. The maximum atomic E-state index is 12.2. The highest BCUT2D eigenvalue weighted by Crippen LogP contribution is 2.27. The Balaban J connectivity index is 0.00000225. The Labute approximate surface area is 155 Å². The Bertz CT molecular complexity index is 590. The van der Waals surface area contributed by atoms with Gasteiger partial charge in [0.1, 0.15) is 0 Å². The van der Waals surface area contributed by atoms with Crippen LogP contribution in [0.5, 0.6) is 0 Å². The van der Waals surface area contributed by atoms with E-state index in [9.17, 15) is 9.59 Å². The zero-order chi connectivity index (χ0) is 16.8. The van der Waals surface area contributed by atoms with Crippen LogP contribution in [0.25, 0.3) is 0 Å². The van der Waals surface area contributed by atoms with Crippen LogP contribution in [0.15, 0.2) is 24.3 Å². The second kappa shape index (κ2) is 9.75. The second-order valence-corrected chi connectivity index (χ2v) is 6.37. The average molecular weight is 367 g/mol. The number of rotatable bonds is 6. The lowest BCUT2D eigenvalue weighted by atomic mass is 10.0. The van der Waals surface area contributed by atoms with Crippen LogP contribution in [-0.4, -0.2) is 62.5 Å². The molecule has 0 aromatic heterocycles. The Morgan fingerprint density at radius 1 is 1.12 bits per heavy atom. The molecule has 1 fully saturated rings. The largest absolute Gasteiger partial charge is 0.355 e. The number of piperazine rings is 1. The maximum absolute atomic E-state index is 12.2. The van der Waals surface area contributed by atoms with Crippen molar-refractivity contribution in [1.29, 1.82) is 0 Å². The third kappa shape index (κ3) is 5.42. The Kier molecular flexibility index (Phi) is 7.68. The molecule has 0 saturated carbocycles. The van der Waals surface area contributed by atoms with Gasteiger partial charge in [-0.1, -0.05) is 18.2 Å². The number of carbonyl (C=O) groups excluding carboxylic acids is 2. The predicted octanol–water partition coefficient (Wildman–Crippen LogP) is 0.799. The van der Waals surface area contributed by atoms with Gasteiger partial charge in [-0.2, -0.15) is 0 Å². The van der Waals surface area contributed by atoms with Crippen molar-refractivity contribution in [3.05, 3.63) is 29.8 Å². The van der Waals surface area contributed by atoms with E-state index in [1.807, 2.05) is 18.2 Å². The Morgan fingerprint density at radius 3 is 2.68 bits per heavy atom. The molecule has 0 unspecified atom stereocenters. The highest BCUT2D eigenvalue weighted by molar-refractivity contribution is 5.96. The molecule has 7 heteroatoms. The summed E-state index contributed by atoms with van der Waals surface area (Å²) in [5.74, 6) is 0.128. The molecule has 2 aliphatic heterocycles. The first kappa shape index (κ1) is 19.7. The summed E-state index contributed by atoms with van der Waals surface area (Å²) in [5.41, 5.74) is 2.15. The molecule has 0 atom stereocenters. The SMILES string of the molecule is Cl.O=C(CCN1C(=O)CCc2ccccc21)NCCN1CCNCC1. The summed E-state index contributed by atoms with van der Waals surface area (Å²) in [4.78, 5) is 28.3. The lowest BCUT2D eigenvalue weighted by Gasteiger charge is -2.29. The number of hydrogen-bond donors (Lipinski definition) is 2. The fourth-order valence-corrected chi connectivity index (χ4v) is 3.33. The van der Waals surface area contributed by atoms with Crippen molar-refractivity contribution in [2.24, 2.45) is 0 Å². The molecule has 2 N–H and O–H groups in total. The van der Waals surface area contributed by atoms with Gasteiger partial charge in [0.15, 0.2) is 0 Å². The number of anilines is 1.